The maximum absolute atomic E-state index is 13.7. The van der Waals surface area contributed by atoms with E-state index in [-0.39, 0.29) is 0 Å². The number of hydrogen-bond donors (Lipinski definition) is 4. The molecule has 2 unspecified atom stereocenters. The van der Waals surface area contributed by atoms with Crippen molar-refractivity contribution in [1.29, 1.82) is 0 Å². The lowest BCUT2D eigenvalue weighted by Gasteiger charge is -2.45. The van der Waals surface area contributed by atoms with Crippen LogP contribution < -0.4 is 10.6 Å². The molecule has 0 radical (unpaired) electrons. The van der Waals surface area contributed by atoms with Gasteiger partial charge in [0.15, 0.2) is 0 Å². The number of amides is 2. The minimum absolute atomic E-state index is 0.488. The summed E-state index contributed by atoms with van der Waals surface area (Å²) >= 11 is 0. The zero-order valence-corrected chi connectivity index (χ0v) is 27.1. The van der Waals surface area contributed by atoms with Crippen molar-refractivity contribution in [2.24, 2.45) is 10.8 Å². The summed E-state index contributed by atoms with van der Waals surface area (Å²) in [6.07, 6.45) is -0.488. The second kappa shape index (κ2) is 13.4. The Morgan fingerprint density at radius 2 is 0.711 bits per heavy atom. The summed E-state index contributed by atoms with van der Waals surface area (Å²) in [4.78, 5) is 27.4. The monoisotopic (exact) mass is 606 g/mol. The number of hydrogen-bond acceptors (Lipinski definition) is 4. The minimum Gasteiger partial charge on any atom is -0.378 e. The van der Waals surface area contributed by atoms with E-state index in [0.29, 0.717) is 22.3 Å². The summed E-state index contributed by atoms with van der Waals surface area (Å²) < 4.78 is 0. The highest BCUT2D eigenvalue weighted by atomic mass is 16.3. The van der Waals surface area contributed by atoms with Crippen molar-refractivity contribution in [2.75, 3.05) is 0 Å². The summed E-state index contributed by atoms with van der Waals surface area (Å²) in [7, 11) is 0. The van der Waals surface area contributed by atoms with Crippen LogP contribution >= 0.6 is 0 Å². The average molecular weight is 607 g/mol. The molecule has 0 saturated heterocycles. The number of carbonyl (C=O) groups excluding carboxylic acids is 2. The predicted octanol–water partition coefficient (Wildman–Crippen LogP) is 6.31. The second-order valence-electron chi connectivity index (χ2n) is 13.9. The summed E-state index contributed by atoms with van der Waals surface area (Å²) in [6, 6.07) is 35.5. The van der Waals surface area contributed by atoms with Crippen LogP contribution in [0, 0.1) is 10.8 Å². The first kappa shape index (κ1) is 33.6. The maximum Gasteiger partial charge on any atom is 0.229 e. The SMILES string of the molecule is CC(C)(C)C(NC(=O)CC(=O)NC(C(C)(C)C)C(O)(c1ccccc1)c1ccccc1)C(O)(c1ccccc1)c1ccccc1. The molecule has 4 aromatic carbocycles. The van der Waals surface area contributed by atoms with E-state index in [9.17, 15) is 19.8 Å². The summed E-state index contributed by atoms with van der Waals surface area (Å²) in [5.74, 6) is -1.07. The van der Waals surface area contributed by atoms with Gasteiger partial charge in [-0.1, -0.05) is 163 Å². The number of aliphatic hydroxyl groups is 2. The van der Waals surface area contributed by atoms with Gasteiger partial charge in [0.05, 0.1) is 12.1 Å². The van der Waals surface area contributed by atoms with Gasteiger partial charge < -0.3 is 20.8 Å². The first-order valence-electron chi connectivity index (χ1n) is 15.4. The van der Waals surface area contributed by atoms with E-state index in [4.69, 9.17) is 0 Å². The smallest absolute Gasteiger partial charge is 0.229 e. The van der Waals surface area contributed by atoms with E-state index in [1.54, 1.807) is 0 Å². The molecule has 0 fully saturated rings. The van der Waals surface area contributed by atoms with E-state index in [1.165, 1.54) is 0 Å². The lowest BCUT2D eigenvalue weighted by Crippen LogP contribution is -2.60. The molecule has 2 amide bonds. The molecule has 4 N–H and O–H groups in total. The lowest BCUT2D eigenvalue weighted by molar-refractivity contribution is -0.134. The molecule has 236 valence electrons. The molecule has 6 heteroatoms. The van der Waals surface area contributed by atoms with Crippen molar-refractivity contribution in [1.82, 2.24) is 10.6 Å². The molecule has 2 atom stereocenters. The van der Waals surface area contributed by atoms with Gasteiger partial charge in [-0.25, -0.2) is 0 Å². The van der Waals surface area contributed by atoms with Crippen LogP contribution in [-0.4, -0.2) is 34.1 Å². The summed E-state index contributed by atoms with van der Waals surface area (Å²) in [5, 5.41) is 31.0. The Hall–Kier alpha value is -4.26. The van der Waals surface area contributed by atoms with Crippen molar-refractivity contribution < 1.29 is 19.8 Å². The van der Waals surface area contributed by atoms with E-state index < -0.39 is 52.4 Å². The van der Waals surface area contributed by atoms with Gasteiger partial charge in [0.2, 0.25) is 11.8 Å². The molecular formula is C39H46N2O4. The summed E-state index contributed by atoms with van der Waals surface area (Å²) in [5.41, 5.74) is -1.87. The van der Waals surface area contributed by atoms with Crippen LogP contribution in [0.2, 0.25) is 0 Å². The van der Waals surface area contributed by atoms with Crippen LogP contribution in [0.5, 0.6) is 0 Å². The molecule has 0 spiro atoms. The van der Waals surface area contributed by atoms with Gasteiger partial charge in [0.1, 0.15) is 17.6 Å². The number of benzene rings is 4. The van der Waals surface area contributed by atoms with E-state index >= 15 is 0 Å². The van der Waals surface area contributed by atoms with Gasteiger partial charge in [0.25, 0.3) is 0 Å². The Balaban J connectivity index is 1.66. The molecular weight excluding hydrogens is 560 g/mol. The van der Waals surface area contributed by atoms with Crippen molar-refractivity contribution in [3.63, 3.8) is 0 Å². The van der Waals surface area contributed by atoms with Gasteiger partial charge in [0, 0.05) is 0 Å². The highest BCUT2D eigenvalue weighted by Gasteiger charge is 2.49. The van der Waals surface area contributed by atoms with Crippen molar-refractivity contribution in [3.8, 4) is 0 Å². The van der Waals surface area contributed by atoms with Crippen LogP contribution in [0.1, 0.15) is 70.2 Å². The third-order valence-electron chi connectivity index (χ3n) is 8.35. The zero-order valence-electron chi connectivity index (χ0n) is 27.1. The van der Waals surface area contributed by atoms with Gasteiger partial charge in [-0.05, 0) is 33.1 Å². The Bertz CT molecular complexity index is 1350. The van der Waals surface area contributed by atoms with Crippen LogP contribution in [-0.2, 0) is 20.8 Å². The fraction of sp³-hybridized carbons (Fsp3) is 0.333. The van der Waals surface area contributed by atoms with Crippen molar-refractivity contribution in [2.45, 2.75) is 71.2 Å². The number of rotatable bonds is 10. The van der Waals surface area contributed by atoms with E-state index in [0.717, 1.165) is 0 Å². The maximum atomic E-state index is 13.7. The lowest BCUT2D eigenvalue weighted by atomic mass is 9.69. The molecule has 6 nitrogen and oxygen atoms in total. The average Bonchev–Trinajstić information content (AvgIpc) is 3.02. The van der Waals surface area contributed by atoms with Crippen LogP contribution in [0.4, 0.5) is 0 Å². The number of carbonyl (C=O) groups is 2. The zero-order chi connectivity index (χ0) is 32.9. The Labute approximate surface area is 267 Å². The Morgan fingerprint density at radius 3 is 0.911 bits per heavy atom. The standard InChI is InChI=1S/C39H46N2O4/c1-36(2,3)34(38(44,28-19-11-7-12-20-28)29-21-13-8-14-22-29)40-32(42)27-33(43)41-35(37(4,5)6)39(45,30-23-15-9-16-24-30)31-25-17-10-18-26-31/h7-26,34-35,44-45H,27H2,1-6H3,(H,40,42)(H,41,43). The van der Waals surface area contributed by atoms with Gasteiger partial charge in [-0.2, -0.15) is 0 Å². The predicted molar refractivity (Wildman–Crippen MR) is 179 cm³/mol. The topological polar surface area (TPSA) is 98.7 Å². The Kier molecular flexibility index (Phi) is 10.0. The minimum atomic E-state index is -1.58. The fourth-order valence-corrected chi connectivity index (χ4v) is 6.23. The quantitative estimate of drug-likeness (QED) is 0.159. The molecule has 0 heterocycles. The van der Waals surface area contributed by atoms with Crippen LogP contribution in [0.3, 0.4) is 0 Å². The third kappa shape index (κ3) is 7.35. The molecule has 0 aliphatic carbocycles. The fourth-order valence-electron chi connectivity index (χ4n) is 6.23. The van der Waals surface area contributed by atoms with Crippen molar-refractivity contribution in [3.05, 3.63) is 144 Å². The molecule has 4 aromatic rings. The third-order valence-corrected chi connectivity index (χ3v) is 8.35. The molecule has 0 aliphatic rings. The van der Waals surface area contributed by atoms with Crippen LogP contribution in [0.25, 0.3) is 0 Å². The van der Waals surface area contributed by atoms with Crippen LogP contribution in [0.15, 0.2) is 121 Å². The van der Waals surface area contributed by atoms with E-state index in [2.05, 4.69) is 10.6 Å². The summed E-state index contributed by atoms with van der Waals surface area (Å²) in [6.45, 7) is 11.7. The first-order valence-corrected chi connectivity index (χ1v) is 15.4. The number of nitrogens with one attached hydrogen (secondary N) is 2. The highest BCUT2D eigenvalue weighted by Crippen LogP contribution is 2.42. The molecule has 0 saturated carbocycles. The molecule has 0 bridgehead atoms. The highest BCUT2D eigenvalue weighted by molar-refractivity contribution is 5.97. The normalized spacial score (nSPS) is 13.9. The molecule has 4 rings (SSSR count). The Morgan fingerprint density at radius 1 is 0.489 bits per heavy atom. The van der Waals surface area contributed by atoms with Gasteiger partial charge in [-0.15, -0.1) is 0 Å². The molecule has 0 aromatic heterocycles. The largest absolute Gasteiger partial charge is 0.378 e. The van der Waals surface area contributed by atoms with Gasteiger partial charge >= 0.3 is 0 Å². The van der Waals surface area contributed by atoms with E-state index in [1.807, 2.05) is 163 Å². The van der Waals surface area contributed by atoms with Crippen molar-refractivity contribution >= 4 is 11.8 Å². The molecule has 45 heavy (non-hydrogen) atoms. The molecule has 0 aliphatic heterocycles. The second-order valence-corrected chi connectivity index (χ2v) is 13.9. The van der Waals surface area contributed by atoms with Gasteiger partial charge in [-0.3, -0.25) is 9.59 Å². The first-order chi connectivity index (χ1) is 21.2.